The second kappa shape index (κ2) is 16.1. The molecular formula is C44H50N8O4S2. The number of aliphatic imine (C=N–C) groups is 1. The maximum absolute atomic E-state index is 14.2. The molecular weight excluding hydrogens is 769 g/mol. The van der Waals surface area contributed by atoms with Crippen molar-refractivity contribution in [2.75, 3.05) is 6.54 Å². The molecule has 2 aliphatic heterocycles. The highest BCUT2D eigenvalue weighted by molar-refractivity contribution is 7.15. The van der Waals surface area contributed by atoms with Gasteiger partial charge < -0.3 is 20.6 Å². The number of hydrogen-bond acceptors (Lipinski definition) is 10. The molecule has 1 saturated heterocycles. The maximum Gasteiger partial charge on any atom is 0.246 e. The van der Waals surface area contributed by atoms with Crippen LogP contribution in [0.5, 0.6) is 0 Å². The summed E-state index contributed by atoms with van der Waals surface area (Å²) >= 11 is 3.29. The SMILES string of the molecule is Cc1ncsc1-c1ccc([C@H](C)NC(=O)[C@@H]2C[C@@H](O)CN2C(=O)[C@@H](NC(=O)/C=C/c2ccc(C3=N[C@@H](C)c4nnc(C)n4-c4sc(C)c(C)c43)cc2)C(C)(C)C)cc1. The van der Waals surface area contributed by atoms with Crippen molar-refractivity contribution in [2.24, 2.45) is 10.4 Å². The summed E-state index contributed by atoms with van der Waals surface area (Å²) in [5.41, 5.74) is 8.95. The molecule has 58 heavy (non-hydrogen) atoms. The average molecular weight is 819 g/mol. The quantitative estimate of drug-likeness (QED) is 0.136. The van der Waals surface area contributed by atoms with Gasteiger partial charge in [-0.25, -0.2) is 4.98 Å². The monoisotopic (exact) mass is 818 g/mol. The van der Waals surface area contributed by atoms with Crippen molar-refractivity contribution < 1.29 is 19.5 Å². The van der Waals surface area contributed by atoms with Crippen LogP contribution < -0.4 is 10.6 Å². The molecule has 0 aliphatic carbocycles. The number of carbonyl (C=O) groups is 3. The number of aliphatic hydroxyl groups excluding tert-OH is 1. The summed E-state index contributed by atoms with van der Waals surface area (Å²) in [6.07, 6.45) is 2.36. The number of hydrogen-bond donors (Lipinski definition) is 3. The van der Waals surface area contributed by atoms with Crippen LogP contribution in [0.15, 0.2) is 65.1 Å². The van der Waals surface area contributed by atoms with Crippen molar-refractivity contribution in [3.05, 3.63) is 110 Å². The Labute approximate surface area is 347 Å². The lowest BCUT2D eigenvalue weighted by Gasteiger charge is -2.35. The third-order valence-corrected chi connectivity index (χ3v) is 13.2. The van der Waals surface area contributed by atoms with Gasteiger partial charge in [0, 0.05) is 35.0 Å². The molecule has 14 heteroatoms. The smallest absolute Gasteiger partial charge is 0.246 e. The van der Waals surface area contributed by atoms with Crippen LogP contribution in [0.2, 0.25) is 0 Å². The van der Waals surface area contributed by atoms with Crippen LogP contribution in [0.1, 0.15) is 103 Å². The van der Waals surface area contributed by atoms with E-state index in [2.05, 4.69) is 44.2 Å². The van der Waals surface area contributed by atoms with Crippen LogP contribution in [-0.4, -0.2) is 77.9 Å². The number of fused-ring (bicyclic) bond motifs is 3. The zero-order valence-corrected chi connectivity index (χ0v) is 36.0. The predicted molar refractivity (Wildman–Crippen MR) is 229 cm³/mol. The van der Waals surface area contributed by atoms with Crippen LogP contribution in [-0.2, 0) is 14.4 Å². The van der Waals surface area contributed by atoms with E-state index in [0.717, 1.165) is 60.7 Å². The zero-order chi connectivity index (χ0) is 41.6. The minimum atomic E-state index is -0.956. The average Bonchev–Trinajstić information content (AvgIpc) is 3.95. The summed E-state index contributed by atoms with van der Waals surface area (Å²) in [5.74, 6) is 0.409. The summed E-state index contributed by atoms with van der Waals surface area (Å²) in [7, 11) is 0. The van der Waals surface area contributed by atoms with Crippen molar-refractivity contribution in [1.82, 2.24) is 35.3 Å². The van der Waals surface area contributed by atoms with Crippen molar-refractivity contribution >= 4 is 52.2 Å². The number of nitrogens with one attached hydrogen (secondary N) is 2. The highest BCUT2D eigenvalue weighted by Crippen LogP contribution is 2.39. The van der Waals surface area contributed by atoms with Crippen molar-refractivity contribution in [2.45, 2.75) is 99.0 Å². The van der Waals surface area contributed by atoms with Gasteiger partial charge in [0.2, 0.25) is 17.7 Å². The zero-order valence-electron chi connectivity index (χ0n) is 34.3. The van der Waals surface area contributed by atoms with Gasteiger partial charge in [0.15, 0.2) is 5.82 Å². The fourth-order valence-electron chi connectivity index (χ4n) is 7.61. The van der Waals surface area contributed by atoms with Crippen LogP contribution >= 0.6 is 22.7 Å². The summed E-state index contributed by atoms with van der Waals surface area (Å²) in [6.45, 7) is 17.7. The van der Waals surface area contributed by atoms with E-state index in [1.807, 2.05) is 103 Å². The Kier molecular flexibility index (Phi) is 11.4. The second-order valence-electron chi connectivity index (χ2n) is 16.3. The number of aromatic nitrogens is 4. The van der Waals surface area contributed by atoms with Crippen LogP contribution in [0.25, 0.3) is 21.5 Å². The Morgan fingerprint density at radius 2 is 1.66 bits per heavy atom. The Morgan fingerprint density at radius 1 is 0.966 bits per heavy atom. The minimum Gasteiger partial charge on any atom is -0.391 e. The van der Waals surface area contributed by atoms with Crippen LogP contribution in [0.4, 0.5) is 0 Å². The van der Waals surface area contributed by atoms with Gasteiger partial charge in [-0.3, -0.25) is 23.9 Å². The normalized spacial score (nSPS) is 19.0. The lowest BCUT2D eigenvalue weighted by Crippen LogP contribution is -2.57. The summed E-state index contributed by atoms with van der Waals surface area (Å²) in [4.78, 5) is 54.5. The summed E-state index contributed by atoms with van der Waals surface area (Å²) in [6, 6.07) is 13.5. The number of nitrogens with zero attached hydrogens (tertiary/aromatic N) is 6. The first-order chi connectivity index (χ1) is 27.5. The topological polar surface area (TPSA) is 155 Å². The largest absolute Gasteiger partial charge is 0.391 e. The van der Waals surface area contributed by atoms with Crippen molar-refractivity contribution in [1.29, 1.82) is 0 Å². The van der Waals surface area contributed by atoms with E-state index < -0.39 is 35.4 Å². The van der Waals surface area contributed by atoms with Crippen LogP contribution in [0, 0.1) is 33.1 Å². The molecule has 0 radical (unpaired) electrons. The van der Waals surface area contributed by atoms with E-state index in [4.69, 9.17) is 4.99 Å². The van der Waals surface area contributed by atoms with Crippen molar-refractivity contribution in [3.8, 4) is 15.4 Å². The fraction of sp³-hybridized carbons (Fsp3) is 0.386. The summed E-state index contributed by atoms with van der Waals surface area (Å²) in [5, 5.41) is 26.5. The van der Waals surface area contributed by atoms with E-state index >= 15 is 0 Å². The number of amides is 3. The molecule has 0 bridgehead atoms. The van der Waals surface area contributed by atoms with E-state index in [1.54, 1.807) is 28.7 Å². The molecule has 5 aromatic rings. The number of β-amino-alcohol motifs (C(OH)–C–C–N with tert-alkyl or cyclic N) is 1. The molecule has 302 valence electrons. The van der Waals surface area contributed by atoms with E-state index in [0.29, 0.717) is 0 Å². The molecule has 2 aromatic carbocycles. The molecule has 7 rings (SSSR count). The molecule has 5 heterocycles. The number of aliphatic hydroxyl groups is 1. The molecule has 3 aromatic heterocycles. The van der Waals surface area contributed by atoms with E-state index in [-0.39, 0.29) is 31.0 Å². The molecule has 12 nitrogen and oxygen atoms in total. The molecule has 3 N–H and O–H groups in total. The number of thiophene rings is 1. The number of thiazole rings is 1. The molecule has 0 unspecified atom stereocenters. The van der Waals surface area contributed by atoms with Crippen LogP contribution in [0.3, 0.4) is 0 Å². The third kappa shape index (κ3) is 8.05. The van der Waals surface area contributed by atoms with Gasteiger partial charge in [-0.2, -0.15) is 0 Å². The Hall–Kier alpha value is -5.31. The van der Waals surface area contributed by atoms with Gasteiger partial charge in [-0.05, 0) is 75.3 Å². The molecule has 2 aliphatic rings. The highest BCUT2D eigenvalue weighted by Gasteiger charge is 2.44. The maximum atomic E-state index is 14.2. The molecule has 5 atom stereocenters. The number of benzene rings is 2. The lowest BCUT2D eigenvalue weighted by atomic mass is 9.85. The first-order valence-corrected chi connectivity index (χ1v) is 21.2. The first-order valence-electron chi connectivity index (χ1n) is 19.5. The van der Waals surface area contributed by atoms with Gasteiger partial charge in [0.25, 0.3) is 0 Å². The minimum absolute atomic E-state index is 0.00574. The third-order valence-electron chi connectivity index (χ3n) is 11.0. The number of rotatable bonds is 9. The second-order valence-corrected chi connectivity index (χ2v) is 18.4. The Balaban J connectivity index is 1.02. The predicted octanol–water partition coefficient (Wildman–Crippen LogP) is 6.98. The standard InChI is InChI=1S/C44H50N8O4S2/c1-23-27(5)58-43-36(23)37(46-26(4)40-50-49-28(6)52(40)43)31-13-10-29(11-14-31)12-19-35(54)48-39(44(7,8)9)42(56)51-21-33(53)20-34(51)41(55)47-24(2)30-15-17-32(18-16-30)38-25(3)45-22-57-38/h10-19,22,24,26,33-34,39,53H,20-21H2,1-9H3,(H,47,55)(H,48,54)/b19-12+/t24-,26-,33+,34-,39+/m0/s1. The van der Waals surface area contributed by atoms with Gasteiger partial charge >= 0.3 is 0 Å². The molecule has 0 saturated carbocycles. The Morgan fingerprint density at radius 3 is 2.31 bits per heavy atom. The van der Waals surface area contributed by atoms with Crippen molar-refractivity contribution in [3.63, 3.8) is 0 Å². The summed E-state index contributed by atoms with van der Waals surface area (Å²) < 4.78 is 2.11. The Bertz CT molecular complexity index is 2420. The molecule has 1 fully saturated rings. The fourth-order valence-corrected chi connectivity index (χ4v) is 9.64. The number of aryl methyl sites for hydroxylation is 3. The van der Waals surface area contributed by atoms with E-state index in [9.17, 15) is 19.5 Å². The number of likely N-dealkylation sites (tertiary alicyclic amines) is 1. The molecule has 3 amide bonds. The van der Waals surface area contributed by atoms with E-state index in [1.165, 1.54) is 21.4 Å². The van der Waals surface area contributed by atoms with Gasteiger partial charge in [-0.15, -0.1) is 32.9 Å². The van der Waals surface area contributed by atoms with Gasteiger partial charge in [0.1, 0.15) is 29.0 Å². The van der Waals surface area contributed by atoms with Gasteiger partial charge in [-0.1, -0.05) is 69.3 Å². The first kappa shape index (κ1) is 40.9. The molecule has 0 spiro atoms. The highest BCUT2D eigenvalue weighted by atomic mass is 32.1. The van der Waals surface area contributed by atoms with Gasteiger partial charge in [0.05, 0.1) is 33.9 Å². The lowest BCUT2D eigenvalue weighted by molar-refractivity contribution is -0.143. The number of carbonyl (C=O) groups excluding carboxylic acids is 3.